The van der Waals surface area contributed by atoms with Crippen LogP contribution < -0.4 is 0 Å². The molecule has 0 saturated heterocycles. The summed E-state index contributed by atoms with van der Waals surface area (Å²) in [6.45, 7) is 2.08. The SMILES string of the molecule is Cc1nnc(SCc2ccc(C#CCCO)s2)s1. The summed E-state index contributed by atoms with van der Waals surface area (Å²) in [6.07, 6.45) is 0.534. The molecule has 2 rings (SSSR count). The van der Waals surface area contributed by atoms with Crippen LogP contribution in [0, 0.1) is 18.8 Å². The van der Waals surface area contributed by atoms with Gasteiger partial charge in [0.15, 0.2) is 4.34 Å². The van der Waals surface area contributed by atoms with Crippen LogP contribution in [-0.4, -0.2) is 21.9 Å². The van der Waals surface area contributed by atoms with Gasteiger partial charge in [-0.25, -0.2) is 0 Å². The van der Waals surface area contributed by atoms with Gasteiger partial charge in [0.05, 0.1) is 11.5 Å². The highest BCUT2D eigenvalue weighted by Crippen LogP contribution is 2.28. The molecule has 2 aromatic heterocycles. The van der Waals surface area contributed by atoms with Crippen molar-refractivity contribution in [2.45, 2.75) is 23.4 Å². The predicted octanol–water partition coefficient (Wildman–Crippen LogP) is 2.93. The van der Waals surface area contributed by atoms with Gasteiger partial charge in [0.1, 0.15) is 5.01 Å². The van der Waals surface area contributed by atoms with Crippen LogP contribution in [0.15, 0.2) is 16.5 Å². The quantitative estimate of drug-likeness (QED) is 0.696. The summed E-state index contributed by atoms with van der Waals surface area (Å²) in [6, 6.07) is 4.12. The first kappa shape index (κ1) is 13.6. The van der Waals surface area contributed by atoms with Gasteiger partial charge in [-0.15, -0.1) is 21.5 Å². The molecule has 0 aromatic carbocycles. The molecule has 0 aliphatic heterocycles. The number of aliphatic hydroxyl groups excluding tert-OH is 1. The fourth-order valence-corrected chi connectivity index (χ4v) is 3.94. The molecule has 3 nitrogen and oxygen atoms in total. The van der Waals surface area contributed by atoms with E-state index in [0.29, 0.717) is 6.42 Å². The van der Waals surface area contributed by atoms with Gasteiger partial charge in [0, 0.05) is 17.1 Å². The second-order valence-corrected chi connectivity index (χ2v) is 6.99. The van der Waals surface area contributed by atoms with E-state index in [0.717, 1.165) is 20.0 Å². The molecular formula is C12H12N2OS3. The van der Waals surface area contributed by atoms with Gasteiger partial charge >= 0.3 is 0 Å². The first-order chi connectivity index (χ1) is 8.78. The lowest BCUT2D eigenvalue weighted by molar-refractivity contribution is 0.305. The van der Waals surface area contributed by atoms with E-state index in [1.807, 2.05) is 13.0 Å². The van der Waals surface area contributed by atoms with Crippen molar-refractivity contribution in [1.29, 1.82) is 0 Å². The van der Waals surface area contributed by atoms with E-state index in [2.05, 4.69) is 28.1 Å². The Morgan fingerprint density at radius 3 is 2.94 bits per heavy atom. The number of thioether (sulfide) groups is 1. The van der Waals surface area contributed by atoms with E-state index in [1.165, 1.54) is 4.88 Å². The second-order valence-electron chi connectivity index (χ2n) is 3.42. The number of hydrogen-bond acceptors (Lipinski definition) is 6. The van der Waals surface area contributed by atoms with Crippen LogP contribution in [0.5, 0.6) is 0 Å². The third-order valence-corrected chi connectivity index (χ3v) is 5.16. The van der Waals surface area contributed by atoms with Crippen molar-refractivity contribution in [2.24, 2.45) is 0 Å². The van der Waals surface area contributed by atoms with E-state index >= 15 is 0 Å². The smallest absolute Gasteiger partial charge is 0.174 e. The van der Waals surface area contributed by atoms with Gasteiger partial charge in [0.2, 0.25) is 0 Å². The Kier molecular flexibility index (Phi) is 5.20. The molecule has 0 aliphatic rings. The Morgan fingerprint density at radius 2 is 2.22 bits per heavy atom. The molecule has 18 heavy (non-hydrogen) atoms. The average Bonchev–Trinajstić information content (AvgIpc) is 2.96. The van der Waals surface area contributed by atoms with Gasteiger partial charge in [-0.3, -0.25) is 0 Å². The van der Waals surface area contributed by atoms with Crippen molar-refractivity contribution in [1.82, 2.24) is 10.2 Å². The number of aryl methyl sites for hydroxylation is 1. The minimum atomic E-state index is 0.123. The molecule has 1 N–H and O–H groups in total. The normalized spacial score (nSPS) is 10.1. The Balaban J connectivity index is 1.89. The Hall–Kier alpha value is -0.870. The van der Waals surface area contributed by atoms with Gasteiger partial charge in [-0.05, 0) is 19.1 Å². The van der Waals surface area contributed by atoms with Crippen LogP contribution >= 0.6 is 34.4 Å². The third-order valence-electron chi connectivity index (χ3n) is 1.96. The molecule has 0 aliphatic carbocycles. The molecule has 0 unspecified atom stereocenters. The number of rotatable bonds is 4. The molecular weight excluding hydrogens is 284 g/mol. The lowest BCUT2D eigenvalue weighted by atomic mass is 10.4. The highest BCUT2D eigenvalue weighted by atomic mass is 32.2. The van der Waals surface area contributed by atoms with Crippen molar-refractivity contribution >= 4 is 34.4 Å². The molecule has 0 radical (unpaired) electrons. The van der Waals surface area contributed by atoms with Gasteiger partial charge < -0.3 is 5.11 Å². The lowest BCUT2D eigenvalue weighted by Gasteiger charge is -1.91. The maximum Gasteiger partial charge on any atom is 0.174 e. The molecule has 2 heterocycles. The van der Waals surface area contributed by atoms with Gasteiger partial charge in [-0.1, -0.05) is 34.9 Å². The molecule has 0 spiro atoms. The van der Waals surface area contributed by atoms with Crippen LogP contribution in [0.2, 0.25) is 0 Å². The topological polar surface area (TPSA) is 46.0 Å². The van der Waals surface area contributed by atoms with Crippen LogP contribution in [0.1, 0.15) is 21.2 Å². The first-order valence-corrected chi connectivity index (χ1v) is 8.01. The van der Waals surface area contributed by atoms with Crippen LogP contribution in [0.4, 0.5) is 0 Å². The van der Waals surface area contributed by atoms with Crippen LogP contribution in [0.25, 0.3) is 0 Å². The molecule has 0 fully saturated rings. The van der Waals surface area contributed by atoms with E-state index in [4.69, 9.17) is 5.11 Å². The lowest BCUT2D eigenvalue weighted by Crippen LogP contribution is -1.75. The number of hydrogen-bond donors (Lipinski definition) is 1. The zero-order chi connectivity index (χ0) is 12.8. The zero-order valence-electron chi connectivity index (χ0n) is 9.84. The maximum absolute atomic E-state index is 8.65. The Morgan fingerprint density at radius 1 is 1.33 bits per heavy atom. The molecule has 0 atom stereocenters. The van der Waals surface area contributed by atoms with E-state index in [-0.39, 0.29) is 6.61 Å². The van der Waals surface area contributed by atoms with E-state index < -0.39 is 0 Å². The minimum Gasteiger partial charge on any atom is -0.395 e. The fraction of sp³-hybridized carbons (Fsp3) is 0.333. The zero-order valence-corrected chi connectivity index (χ0v) is 12.3. The third kappa shape index (κ3) is 4.10. The summed E-state index contributed by atoms with van der Waals surface area (Å²) in [4.78, 5) is 2.33. The molecule has 0 saturated carbocycles. The standard InChI is InChI=1S/C12H12N2OS3/c1-9-13-14-12(17-9)16-8-11-6-5-10(18-11)4-2-3-7-15/h5-6,15H,3,7-8H2,1H3. The maximum atomic E-state index is 8.65. The second kappa shape index (κ2) is 6.90. The summed E-state index contributed by atoms with van der Waals surface area (Å²) < 4.78 is 1.01. The average molecular weight is 296 g/mol. The molecule has 94 valence electrons. The van der Waals surface area contributed by atoms with Gasteiger partial charge in [-0.2, -0.15) is 0 Å². The van der Waals surface area contributed by atoms with E-state index in [1.54, 1.807) is 34.4 Å². The van der Waals surface area contributed by atoms with E-state index in [9.17, 15) is 0 Å². The van der Waals surface area contributed by atoms with Crippen LogP contribution in [-0.2, 0) is 5.75 Å². The largest absolute Gasteiger partial charge is 0.395 e. The molecule has 2 aromatic rings. The number of nitrogens with zero attached hydrogens (tertiary/aromatic N) is 2. The van der Waals surface area contributed by atoms with Gasteiger partial charge in [0.25, 0.3) is 0 Å². The van der Waals surface area contributed by atoms with Crippen molar-refractivity contribution in [3.8, 4) is 11.8 Å². The van der Waals surface area contributed by atoms with Crippen molar-refractivity contribution in [2.75, 3.05) is 6.61 Å². The highest BCUT2D eigenvalue weighted by molar-refractivity contribution is 8.00. The van der Waals surface area contributed by atoms with Crippen molar-refractivity contribution in [3.05, 3.63) is 26.9 Å². The minimum absolute atomic E-state index is 0.123. The van der Waals surface area contributed by atoms with Crippen molar-refractivity contribution < 1.29 is 5.11 Å². The number of thiophene rings is 1. The molecule has 6 heteroatoms. The first-order valence-electron chi connectivity index (χ1n) is 5.39. The van der Waals surface area contributed by atoms with Crippen molar-refractivity contribution in [3.63, 3.8) is 0 Å². The summed E-state index contributed by atoms with van der Waals surface area (Å²) in [5.41, 5.74) is 0. The number of aliphatic hydroxyl groups is 1. The molecule has 0 bridgehead atoms. The highest BCUT2D eigenvalue weighted by Gasteiger charge is 2.03. The Bertz CT molecular complexity index is 565. The molecule has 0 amide bonds. The predicted molar refractivity (Wildman–Crippen MR) is 77.1 cm³/mol. The summed E-state index contributed by atoms with van der Waals surface area (Å²) in [5, 5.41) is 17.7. The summed E-state index contributed by atoms with van der Waals surface area (Å²) in [5.74, 6) is 6.87. The fourth-order valence-electron chi connectivity index (χ4n) is 1.20. The Labute approximate surface area is 118 Å². The summed E-state index contributed by atoms with van der Waals surface area (Å²) in [7, 11) is 0. The monoisotopic (exact) mass is 296 g/mol. The summed E-state index contributed by atoms with van der Waals surface area (Å²) >= 11 is 5.01. The number of aromatic nitrogens is 2. The van der Waals surface area contributed by atoms with Crippen LogP contribution in [0.3, 0.4) is 0 Å².